The first-order valence-electron chi connectivity index (χ1n) is 11.8. The third-order valence-electron chi connectivity index (χ3n) is 6.90. The molecule has 2 N–H and O–H groups in total. The van der Waals surface area contributed by atoms with Gasteiger partial charge in [-0.25, -0.2) is 9.18 Å². The highest BCUT2D eigenvalue weighted by Gasteiger charge is 2.25. The molecule has 1 saturated carbocycles. The molecule has 0 amide bonds. The molecule has 33 heavy (non-hydrogen) atoms. The van der Waals surface area contributed by atoms with Gasteiger partial charge >= 0.3 is 5.76 Å². The summed E-state index contributed by atoms with van der Waals surface area (Å²) >= 11 is 0. The minimum absolute atomic E-state index is 0.190. The lowest BCUT2D eigenvalue weighted by molar-refractivity contribution is 0.306. The summed E-state index contributed by atoms with van der Waals surface area (Å²) in [5.74, 6) is -0.108. The van der Waals surface area contributed by atoms with Crippen LogP contribution < -0.4 is 11.1 Å². The van der Waals surface area contributed by atoms with E-state index >= 15 is 0 Å². The van der Waals surface area contributed by atoms with Crippen molar-refractivity contribution in [2.24, 2.45) is 0 Å². The van der Waals surface area contributed by atoms with Crippen molar-refractivity contribution in [3.05, 3.63) is 94.1 Å². The Labute approximate surface area is 192 Å². The molecule has 0 bridgehead atoms. The maximum Gasteiger partial charge on any atom is 0.417 e. The lowest BCUT2D eigenvalue weighted by atomic mass is 9.81. The van der Waals surface area contributed by atoms with Crippen molar-refractivity contribution in [3.63, 3.8) is 0 Å². The van der Waals surface area contributed by atoms with Crippen LogP contribution in [0.15, 0.2) is 74.7 Å². The van der Waals surface area contributed by atoms with Crippen molar-refractivity contribution in [2.45, 2.75) is 62.9 Å². The fourth-order valence-corrected chi connectivity index (χ4v) is 5.07. The Balaban J connectivity index is 1.17. The van der Waals surface area contributed by atoms with Crippen molar-refractivity contribution in [3.8, 4) is 0 Å². The Morgan fingerprint density at radius 2 is 1.88 bits per heavy atom. The topological polar surface area (TPSA) is 71.2 Å². The molecule has 5 nitrogen and oxygen atoms in total. The molecule has 4 aromatic rings. The predicted molar refractivity (Wildman–Crippen MR) is 126 cm³/mol. The van der Waals surface area contributed by atoms with E-state index in [1.807, 2.05) is 36.6 Å². The molecule has 0 saturated heterocycles. The molecule has 2 aromatic carbocycles. The van der Waals surface area contributed by atoms with Gasteiger partial charge in [0, 0.05) is 17.6 Å². The Morgan fingerprint density at radius 1 is 1.06 bits per heavy atom. The number of aryl methyl sites for hydroxylation is 1. The highest BCUT2D eigenvalue weighted by atomic mass is 19.1. The first-order valence-corrected chi connectivity index (χ1v) is 11.8. The quantitative estimate of drug-likeness (QED) is 0.335. The molecule has 0 spiro atoms. The SMILES string of the molecule is O=c1[nH]c2ccc([C@H]3CC[C@H](NC(CCCc4ccc(F)cc4)c4ccoc4)CC3)cc2o1. The molecular weight excluding hydrogens is 419 g/mol. The van der Waals surface area contributed by atoms with Crippen molar-refractivity contribution in [2.75, 3.05) is 0 Å². The number of aromatic amines is 1. The molecule has 172 valence electrons. The number of nitrogens with one attached hydrogen (secondary N) is 2. The number of H-pyrrole nitrogens is 1. The zero-order valence-electron chi connectivity index (χ0n) is 18.6. The van der Waals surface area contributed by atoms with Gasteiger partial charge in [-0.1, -0.05) is 18.2 Å². The summed E-state index contributed by atoms with van der Waals surface area (Å²) in [5.41, 5.74) is 4.98. The fraction of sp³-hybridized carbons (Fsp3) is 0.370. The van der Waals surface area contributed by atoms with Crippen LogP contribution in [-0.4, -0.2) is 11.0 Å². The number of hydrogen-bond acceptors (Lipinski definition) is 4. The Hall–Kier alpha value is -3.12. The molecule has 0 radical (unpaired) electrons. The van der Waals surface area contributed by atoms with E-state index in [0.29, 0.717) is 17.5 Å². The second-order valence-electron chi connectivity index (χ2n) is 9.11. The number of hydrogen-bond donors (Lipinski definition) is 2. The number of aromatic nitrogens is 1. The van der Waals surface area contributed by atoms with Crippen LogP contribution in [0, 0.1) is 5.82 Å². The minimum atomic E-state index is -0.403. The molecule has 6 heteroatoms. The van der Waals surface area contributed by atoms with Crippen LogP contribution >= 0.6 is 0 Å². The summed E-state index contributed by atoms with van der Waals surface area (Å²) in [7, 11) is 0. The Morgan fingerprint density at radius 3 is 2.64 bits per heavy atom. The van der Waals surface area contributed by atoms with E-state index in [-0.39, 0.29) is 11.9 Å². The second kappa shape index (κ2) is 9.79. The van der Waals surface area contributed by atoms with Gasteiger partial charge in [-0.2, -0.15) is 0 Å². The summed E-state index contributed by atoms with van der Waals surface area (Å²) in [6, 6.07) is 15.6. The van der Waals surface area contributed by atoms with Gasteiger partial charge in [-0.3, -0.25) is 4.98 Å². The number of oxazole rings is 1. The molecule has 1 atom stereocenters. The van der Waals surface area contributed by atoms with E-state index < -0.39 is 5.76 Å². The van der Waals surface area contributed by atoms with E-state index in [9.17, 15) is 9.18 Å². The zero-order valence-corrected chi connectivity index (χ0v) is 18.6. The standard InChI is InChI=1S/C27H29FN2O3/c28-22-9-4-18(5-10-22)2-1-3-24(21-14-15-32-17-21)29-23-11-6-19(7-12-23)20-8-13-25-26(16-20)33-27(31)30-25/h4-5,8-10,13-17,19,23-24,29H,1-3,6-7,11-12H2,(H,30,31)/t19-,23-,24?. The monoisotopic (exact) mass is 448 g/mol. The van der Waals surface area contributed by atoms with Gasteiger partial charge in [0.1, 0.15) is 5.82 Å². The van der Waals surface area contributed by atoms with E-state index in [2.05, 4.69) is 16.4 Å². The molecule has 5 rings (SSSR count). The molecule has 2 heterocycles. The van der Waals surface area contributed by atoms with Crippen LogP contribution in [0.25, 0.3) is 11.1 Å². The maximum absolute atomic E-state index is 13.2. The summed E-state index contributed by atoms with van der Waals surface area (Å²) in [5, 5.41) is 3.87. The van der Waals surface area contributed by atoms with Crippen molar-refractivity contribution in [1.82, 2.24) is 10.3 Å². The first kappa shape index (κ1) is 21.7. The maximum atomic E-state index is 13.2. The average molecular weight is 449 g/mol. The van der Waals surface area contributed by atoms with Crippen molar-refractivity contribution >= 4 is 11.1 Å². The Bertz CT molecular complexity index is 1220. The number of halogens is 1. The third kappa shape index (κ3) is 5.28. The van der Waals surface area contributed by atoms with Gasteiger partial charge in [-0.15, -0.1) is 0 Å². The van der Waals surface area contributed by atoms with Gasteiger partial charge in [0.25, 0.3) is 0 Å². The average Bonchev–Trinajstić information content (AvgIpc) is 3.49. The number of rotatable bonds is 8. The summed E-state index contributed by atoms with van der Waals surface area (Å²) in [4.78, 5) is 14.1. The fourth-order valence-electron chi connectivity index (χ4n) is 5.07. The minimum Gasteiger partial charge on any atom is -0.472 e. The van der Waals surface area contributed by atoms with Crippen LogP contribution in [0.3, 0.4) is 0 Å². The Kier molecular flexibility index (Phi) is 6.44. The molecule has 1 unspecified atom stereocenters. The molecular formula is C27H29FN2O3. The molecule has 1 aliphatic carbocycles. The van der Waals surface area contributed by atoms with Crippen LogP contribution in [-0.2, 0) is 6.42 Å². The second-order valence-corrected chi connectivity index (χ2v) is 9.11. The predicted octanol–water partition coefficient (Wildman–Crippen LogP) is 6.23. The van der Waals surface area contributed by atoms with Crippen LogP contribution in [0.2, 0.25) is 0 Å². The molecule has 1 aliphatic rings. The third-order valence-corrected chi connectivity index (χ3v) is 6.90. The number of benzene rings is 2. The van der Waals surface area contributed by atoms with E-state index in [1.54, 1.807) is 6.26 Å². The smallest absolute Gasteiger partial charge is 0.417 e. The molecule has 2 aromatic heterocycles. The molecule has 1 fully saturated rings. The van der Waals surface area contributed by atoms with E-state index in [1.165, 1.54) is 23.3 Å². The van der Waals surface area contributed by atoms with Crippen molar-refractivity contribution in [1.29, 1.82) is 0 Å². The summed E-state index contributed by atoms with van der Waals surface area (Å²) in [6.07, 6.45) is 10.9. The van der Waals surface area contributed by atoms with E-state index in [0.717, 1.165) is 56.0 Å². The van der Waals surface area contributed by atoms with Gasteiger partial charge in [0.05, 0.1) is 18.0 Å². The van der Waals surface area contributed by atoms with Crippen LogP contribution in [0.4, 0.5) is 4.39 Å². The number of fused-ring (bicyclic) bond motifs is 1. The van der Waals surface area contributed by atoms with E-state index in [4.69, 9.17) is 8.83 Å². The van der Waals surface area contributed by atoms with Gasteiger partial charge in [0.15, 0.2) is 5.58 Å². The van der Waals surface area contributed by atoms with Crippen LogP contribution in [0.1, 0.15) is 67.2 Å². The van der Waals surface area contributed by atoms with Gasteiger partial charge in [-0.05, 0) is 92.3 Å². The summed E-state index contributed by atoms with van der Waals surface area (Å²) < 4.78 is 23.7. The summed E-state index contributed by atoms with van der Waals surface area (Å²) in [6.45, 7) is 0. The highest BCUT2D eigenvalue weighted by molar-refractivity contribution is 5.72. The van der Waals surface area contributed by atoms with Gasteiger partial charge < -0.3 is 14.2 Å². The van der Waals surface area contributed by atoms with Crippen molar-refractivity contribution < 1.29 is 13.2 Å². The normalized spacial score (nSPS) is 19.7. The first-order chi connectivity index (χ1) is 16.1. The molecule has 0 aliphatic heterocycles. The highest BCUT2D eigenvalue weighted by Crippen LogP contribution is 2.35. The lowest BCUT2D eigenvalue weighted by Crippen LogP contribution is -2.35. The zero-order chi connectivity index (χ0) is 22.6. The largest absolute Gasteiger partial charge is 0.472 e. The van der Waals surface area contributed by atoms with Gasteiger partial charge in [0.2, 0.25) is 0 Å². The lowest BCUT2D eigenvalue weighted by Gasteiger charge is -2.32. The number of furan rings is 1. The van der Waals surface area contributed by atoms with Crippen LogP contribution in [0.5, 0.6) is 0 Å².